The van der Waals surface area contributed by atoms with E-state index in [9.17, 15) is 8.42 Å². The molecular formula is C18H31IN4O3S. The molecule has 27 heavy (non-hydrogen) atoms. The van der Waals surface area contributed by atoms with E-state index in [1.54, 1.807) is 42.7 Å². The number of nitrogens with zero attached hydrogens (tertiary/aromatic N) is 2. The predicted molar refractivity (Wildman–Crippen MR) is 119 cm³/mol. The maximum atomic E-state index is 12.7. The van der Waals surface area contributed by atoms with Crippen molar-refractivity contribution in [3.63, 3.8) is 0 Å². The van der Waals surface area contributed by atoms with E-state index < -0.39 is 10.0 Å². The van der Waals surface area contributed by atoms with Crippen LogP contribution in [0.2, 0.25) is 0 Å². The zero-order valence-electron chi connectivity index (χ0n) is 16.2. The van der Waals surface area contributed by atoms with Crippen molar-refractivity contribution in [3.05, 3.63) is 30.3 Å². The molecule has 2 N–H and O–H groups in total. The Balaban J connectivity index is 0.00000364. The highest BCUT2D eigenvalue weighted by atomic mass is 127. The van der Waals surface area contributed by atoms with Crippen LogP contribution in [-0.4, -0.2) is 65.1 Å². The fraction of sp³-hybridized carbons (Fsp3) is 0.611. The average molecular weight is 510 g/mol. The molecule has 1 aliphatic heterocycles. The van der Waals surface area contributed by atoms with E-state index in [0.717, 1.165) is 25.3 Å². The van der Waals surface area contributed by atoms with Gasteiger partial charge in [-0.05, 0) is 37.8 Å². The molecule has 9 heteroatoms. The third kappa shape index (κ3) is 7.20. The Morgan fingerprint density at radius 3 is 2.48 bits per heavy atom. The second-order valence-corrected chi connectivity index (χ2v) is 8.55. The van der Waals surface area contributed by atoms with Gasteiger partial charge < -0.3 is 15.4 Å². The van der Waals surface area contributed by atoms with Gasteiger partial charge in [-0.1, -0.05) is 18.2 Å². The molecule has 1 aliphatic rings. The van der Waals surface area contributed by atoms with Crippen LogP contribution in [0.5, 0.6) is 0 Å². The summed E-state index contributed by atoms with van der Waals surface area (Å²) in [5, 5.41) is 6.60. The van der Waals surface area contributed by atoms with Gasteiger partial charge in [-0.15, -0.1) is 24.0 Å². The number of methoxy groups -OCH3 is 1. The number of piperidine rings is 1. The van der Waals surface area contributed by atoms with Crippen LogP contribution in [0.1, 0.15) is 19.8 Å². The van der Waals surface area contributed by atoms with Crippen LogP contribution in [-0.2, 0) is 14.8 Å². The fourth-order valence-corrected chi connectivity index (χ4v) is 4.55. The molecule has 7 nitrogen and oxygen atoms in total. The van der Waals surface area contributed by atoms with Crippen molar-refractivity contribution in [3.8, 4) is 0 Å². The van der Waals surface area contributed by atoms with Gasteiger partial charge in [0.2, 0.25) is 10.0 Å². The molecule has 1 fully saturated rings. The van der Waals surface area contributed by atoms with E-state index in [-0.39, 0.29) is 30.0 Å². The van der Waals surface area contributed by atoms with Gasteiger partial charge in [-0.25, -0.2) is 8.42 Å². The summed E-state index contributed by atoms with van der Waals surface area (Å²) in [6.07, 6.45) is 1.67. The zero-order chi connectivity index (χ0) is 19.0. The summed E-state index contributed by atoms with van der Waals surface area (Å²) in [7, 11) is 0.0316. The molecule has 154 valence electrons. The number of ether oxygens (including phenoxy) is 1. The zero-order valence-corrected chi connectivity index (χ0v) is 19.4. The predicted octanol–water partition coefficient (Wildman–Crippen LogP) is 1.91. The van der Waals surface area contributed by atoms with Gasteiger partial charge in [-0.3, -0.25) is 4.99 Å². The minimum Gasteiger partial charge on any atom is -0.383 e. The number of guanidine groups is 1. The van der Waals surface area contributed by atoms with Crippen LogP contribution >= 0.6 is 24.0 Å². The second kappa shape index (κ2) is 11.8. The topological polar surface area (TPSA) is 83.0 Å². The lowest BCUT2D eigenvalue weighted by Gasteiger charge is -2.31. The van der Waals surface area contributed by atoms with Crippen molar-refractivity contribution < 1.29 is 13.2 Å². The van der Waals surface area contributed by atoms with Crippen molar-refractivity contribution in [2.45, 2.75) is 30.7 Å². The number of nitrogens with one attached hydrogen (secondary N) is 2. The summed E-state index contributed by atoms with van der Waals surface area (Å²) < 4.78 is 32.0. The first-order valence-corrected chi connectivity index (χ1v) is 10.4. The Kier molecular flexibility index (Phi) is 10.6. The summed E-state index contributed by atoms with van der Waals surface area (Å²) in [5.41, 5.74) is 0. The van der Waals surface area contributed by atoms with E-state index in [0.29, 0.717) is 30.5 Å². The highest BCUT2D eigenvalue weighted by Crippen LogP contribution is 2.23. The quantitative estimate of drug-likeness (QED) is 0.333. The van der Waals surface area contributed by atoms with Crippen molar-refractivity contribution in [2.24, 2.45) is 10.9 Å². The maximum absolute atomic E-state index is 12.7. The summed E-state index contributed by atoms with van der Waals surface area (Å²) in [6, 6.07) is 8.81. The second-order valence-electron chi connectivity index (χ2n) is 6.61. The highest BCUT2D eigenvalue weighted by Gasteiger charge is 2.29. The van der Waals surface area contributed by atoms with Crippen LogP contribution in [0, 0.1) is 5.92 Å². The lowest BCUT2D eigenvalue weighted by atomic mass is 9.98. The summed E-state index contributed by atoms with van der Waals surface area (Å²) >= 11 is 0. The molecule has 0 aliphatic carbocycles. The van der Waals surface area contributed by atoms with E-state index in [1.807, 2.05) is 13.0 Å². The molecule has 1 unspecified atom stereocenters. The number of sulfonamides is 1. The van der Waals surface area contributed by atoms with E-state index >= 15 is 0 Å². The Hall–Kier alpha value is -0.910. The van der Waals surface area contributed by atoms with Crippen LogP contribution in [0.15, 0.2) is 40.2 Å². The number of hydrogen-bond acceptors (Lipinski definition) is 4. The molecule has 0 spiro atoms. The summed E-state index contributed by atoms with van der Waals surface area (Å²) in [4.78, 5) is 4.59. The molecule has 1 heterocycles. The van der Waals surface area contributed by atoms with Crippen molar-refractivity contribution in [1.82, 2.24) is 14.9 Å². The number of hydrogen-bond donors (Lipinski definition) is 2. The summed E-state index contributed by atoms with van der Waals surface area (Å²) in [6.45, 7) is 4.52. The molecular weight excluding hydrogens is 479 g/mol. The SMILES string of the molecule is CN=C(NCC1CCN(S(=O)(=O)c2ccccc2)CC1)NC(C)COC.I. The molecule has 1 aromatic carbocycles. The monoisotopic (exact) mass is 510 g/mol. The standard InChI is InChI=1S/C18H30N4O3S.HI/c1-15(14-25-3)21-18(19-2)20-13-16-9-11-22(12-10-16)26(23,24)17-7-5-4-6-8-17;/h4-8,15-16H,9-14H2,1-3H3,(H2,19,20,21);1H. The molecule has 1 aromatic rings. The van der Waals surface area contributed by atoms with E-state index in [1.165, 1.54) is 0 Å². The Labute approximate surface area is 180 Å². The molecule has 0 aromatic heterocycles. The van der Waals surface area contributed by atoms with Gasteiger partial charge in [0.1, 0.15) is 0 Å². The molecule has 1 saturated heterocycles. The van der Waals surface area contributed by atoms with Gasteiger partial charge in [0.05, 0.1) is 11.5 Å². The molecule has 0 saturated carbocycles. The number of rotatable bonds is 7. The first-order valence-electron chi connectivity index (χ1n) is 8.98. The fourth-order valence-electron chi connectivity index (χ4n) is 3.06. The third-order valence-corrected chi connectivity index (χ3v) is 6.45. The van der Waals surface area contributed by atoms with Crippen LogP contribution < -0.4 is 10.6 Å². The van der Waals surface area contributed by atoms with Gasteiger partial charge in [0.25, 0.3) is 0 Å². The minimum absolute atomic E-state index is 0. The Morgan fingerprint density at radius 1 is 1.30 bits per heavy atom. The van der Waals surface area contributed by atoms with Gasteiger partial charge in [0, 0.05) is 39.8 Å². The summed E-state index contributed by atoms with van der Waals surface area (Å²) in [5.74, 6) is 1.17. The van der Waals surface area contributed by atoms with E-state index in [2.05, 4.69) is 15.6 Å². The lowest BCUT2D eigenvalue weighted by molar-refractivity contribution is 0.179. The molecule has 0 bridgehead atoms. The van der Waals surface area contributed by atoms with Crippen LogP contribution in [0.25, 0.3) is 0 Å². The first-order chi connectivity index (χ1) is 12.5. The van der Waals surface area contributed by atoms with Gasteiger partial charge in [-0.2, -0.15) is 4.31 Å². The smallest absolute Gasteiger partial charge is 0.243 e. The molecule has 2 rings (SSSR count). The number of benzene rings is 1. The Morgan fingerprint density at radius 2 is 1.93 bits per heavy atom. The van der Waals surface area contributed by atoms with Crippen LogP contribution in [0.3, 0.4) is 0 Å². The molecule has 0 radical (unpaired) electrons. The molecule has 1 atom stereocenters. The largest absolute Gasteiger partial charge is 0.383 e. The van der Waals surface area contributed by atoms with Crippen LogP contribution in [0.4, 0.5) is 0 Å². The van der Waals surface area contributed by atoms with Crippen molar-refractivity contribution in [2.75, 3.05) is 40.4 Å². The maximum Gasteiger partial charge on any atom is 0.243 e. The lowest BCUT2D eigenvalue weighted by Crippen LogP contribution is -2.47. The van der Waals surface area contributed by atoms with Crippen molar-refractivity contribution in [1.29, 1.82) is 0 Å². The van der Waals surface area contributed by atoms with E-state index in [4.69, 9.17) is 4.74 Å². The number of aliphatic imine (C=N–C) groups is 1. The van der Waals surface area contributed by atoms with Gasteiger partial charge in [0.15, 0.2) is 5.96 Å². The minimum atomic E-state index is -3.38. The highest BCUT2D eigenvalue weighted by molar-refractivity contribution is 14.0. The first kappa shape index (κ1) is 24.1. The van der Waals surface area contributed by atoms with Gasteiger partial charge >= 0.3 is 0 Å². The normalized spacial score (nSPS) is 17.8. The Bertz CT molecular complexity index is 677. The van der Waals surface area contributed by atoms with Crippen molar-refractivity contribution >= 4 is 40.0 Å². The molecule has 0 amide bonds. The number of halogens is 1. The average Bonchev–Trinajstić information content (AvgIpc) is 2.66. The third-order valence-electron chi connectivity index (χ3n) is 4.54.